The summed E-state index contributed by atoms with van der Waals surface area (Å²) in [6, 6.07) is 4.57. The van der Waals surface area contributed by atoms with E-state index in [0.29, 0.717) is 12.0 Å². The molecule has 0 bridgehead atoms. The number of benzene rings is 1. The summed E-state index contributed by atoms with van der Waals surface area (Å²) in [7, 11) is 0. The number of carboxylic acid groups (broad SMARTS) is 1. The first-order valence-electron chi connectivity index (χ1n) is 4.49. The highest BCUT2D eigenvalue weighted by molar-refractivity contribution is 5.92. The summed E-state index contributed by atoms with van der Waals surface area (Å²) in [5.74, 6) is -1.49. The third-order valence-corrected chi connectivity index (χ3v) is 2.44. The lowest BCUT2D eigenvalue weighted by molar-refractivity contribution is -0.140. The van der Waals surface area contributed by atoms with Crippen LogP contribution in [0.2, 0.25) is 0 Å². The summed E-state index contributed by atoms with van der Waals surface area (Å²) in [4.78, 5) is 10.5. The number of hydrogen-bond donors (Lipinski definition) is 2. The topological polar surface area (TPSA) is 57.5 Å². The molecule has 3 nitrogen and oxygen atoms in total. The van der Waals surface area contributed by atoms with Crippen LogP contribution >= 0.6 is 0 Å². The van der Waals surface area contributed by atoms with Gasteiger partial charge in [0.2, 0.25) is 6.17 Å². The number of allylic oxidation sites excluding steroid dienone is 1. The van der Waals surface area contributed by atoms with Gasteiger partial charge in [0, 0.05) is 5.57 Å². The molecule has 1 aromatic rings. The van der Waals surface area contributed by atoms with Crippen LogP contribution in [0, 0.1) is 0 Å². The van der Waals surface area contributed by atoms with Gasteiger partial charge in [-0.05, 0) is 29.7 Å². The smallest absolute Gasteiger partial charge is 0.343 e. The monoisotopic (exact) mass is 208 g/mol. The maximum absolute atomic E-state index is 13.3. The largest absolute Gasteiger partial charge is 0.508 e. The molecule has 78 valence electrons. The van der Waals surface area contributed by atoms with Crippen LogP contribution < -0.4 is 0 Å². The molecular formula is C11H9FO3. The Kier molecular flexibility index (Phi) is 2.19. The van der Waals surface area contributed by atoms with Crippen LogP contribution in [0.5, 0.6) is 5.75 Å². The van der Waals surface area contributed by atoms with Gasteiger partial charge in [0.15, 0.2) is 0 Å². The van der Waals surface area contributed by atoms with E-state index in [1.165, 1.54) is 12.1 Å². The molecule has 2 N–H and O–H groups in total. The van der Waals surface area contributed by atoms with Gasteiger partial charge in [0.25, 0.3) is 0 Å². The number of alkyl halides is 1. The van der Waals surface area contributed by atoms with Gasteiger partial charge in [-0.3, -0.25) is 0 Å². The lowest BCUT2D eigenvalue weighted by Crippen LogP contribution is -2.15. The van der Waals surface area contributed by atoms with Crippen molar-refractivity contribution in [3.05, 3.63) is 35.4 Å². The average Bonchev–Trinajstić information content (AvgIpc) is 2.59. The highest BCUT2D eigenvalue weighted by Crippen LogP contribution is 2.33. The van der Waals surface area contributed by atoms with Gasteiger partial charge in [0.1, 0.15) is 5.75 Å². The summed E-state index contributed by atoms with van der Waals surface area (Å²) in [5.41, 5.74) is 1.46. The molecule has 2 rings (SSSR count). The van der Waals surface area contributed by atoms with Gasteiger partial charge in [-0.15, -0.1) is 0 Å². The zero-order valence-corrected chi connectivity index (χ0v) is 7.77. The van der Waals surface area contributed by atoms with Crippen molar-refractivity contribution in [1.29, 1.82) is 0 Å². The summed E-state index contributed by atoms with van der Waals surface area (Å²) in [6.45, 7) is 0. The molecule has 0 radical (unpaired) electrons. The maximum atomic E-state index is 13.3. The normalized spacial score (nSPS) is 15.7. The fraction of sp³-hybridized carbons (Fsp3) is 0.182. The molecule has 15 heavy (non-hydrogen) atoms. The molecule has 0 spiro atoms. The molecule has 4 heteroatoms. The number of carboxylic acids is 1. The van der Waals surface area contributed by atoms with Gasteiger partial charge >= 0.3 is 5.97 Å². The molecule has 0 amide bonds. The summed E-state index contributed by atoms with van der Waals surface area (Å²) >= 11 is 0. The van der Waals surface area contributed by atoms with Gasteiger partial charge in [0.05, 0.1) is 0 Å². The van der Waals surface area contributed by atoms with Crippen LogP contribution in [-0.4, -0.2) is 22.4 Å². The van der Waals surface area contributed by atoms with Crippen molar-refractivity contribution in [2.24, 2.45) is 0 Å². The summed E-state index contributed by atoms with van der Waals surface area (Å²) < 4.78 is 13.3. The van der Waals surface area contributed by atoms with Crippen molar-refractivity contribution in [2.75, 3.05) is 0 Å². The number of hydrogen-bond acceptors (Lipinski definition) is 2. The van der Waals surface area contributed by atoms with E-state index in [4.69, 9.17) is 5.11 Å². The standard InChI is InChI=1S/C11H9FO3/c12-10(11(14)15)8-4-2-6-1-3-7(13)5-9(6)8/h1,3-5,10,13H,2H2,(H,14,15). The van der Waals surface area contributed by atoms with Crippen molar-refractivity contribution >= 4 is 11.5 Å². The number of aliphatic carboxylic acids is 1. The van der Waals surface area contributed by atoms with E-state index < -0.39 is 12.1 Å². The molecule has 0 aromatic heterocycles. The van der Waals surface area contributed by atoms with Crippen LogP contribution in [0.25, 0.3) is 5.57 Å². The van der Waals surface area contributed by atoms with Gasteiger partial charge < -0.3 is 10.2 Å². The van der Waals surface area contributed by atoms with Crippen LogP contribution in [0.3, 0.4) is 0 Å². The number of phenols is 1. The van der Waals surface area contributed by atoms with Crippen LogP contribution in [0.1, 0.15) is 11.1 Å². The first-order chi connectivity index (χ1) is 7.09. The lowest BCUT2D eigenvalue weighted by atomic mass is 10.0. The van der Waals surface area contributed by atoms with E-state index in [9.17, 15) is 14.3 Å². The molecule has 0 aliphatic heterocycles. The average molecular weight is 208 g/mol. The predicted octanol–water partition coefficient (Wildman–Crippen LogP) is 1.75. The van der Waals surface area contributed by atoms with Gasteiger partial charge in [-0.2, -0.15) is 0 Å². The number of halogens is 1. The SMILES string of the molecule is O=C(O)C(F)C1=CCc2ccc(O)cc21. The first kappa shape index (κ1) is 9.71. The van der Waals surface area contributed by atoms with Crippen LogP contribution in [0.4, 0.5) is 4.39 Å². The maximum Gasteiger partial charge on any atom is 0.343 e. The molecule has 0 heterocycles. The van der Waals surface area contributed by atoms with E-state index in [1.807, 2.05) is 0 Å². The molecule has 1 aromatic carbocycles. The van der Waals surface area contributed by atoms with E-state index in [-0.39, 0.29) is 11.3 Å². The molecule has 0 saturated carbocycles. The fourth-order valence-corrected chi connectivity index (χ4v) is 1.71. The van der Waals surface area contributed by atoms with E-state index >= 15 is 0 Å². The van der Waals surface area contributed by atoms with E-state index in [2.05, 4.69) is 0 Å². The first-order valence-corrected chi connectivity index (χ1v) is 4.49. The van der Waals surface area contributed by atoms with Crippen molar-refractivity contribution in [3.8, 4) is 5.75 Å². The van der Waals surface area contributed by atoms with Crippen LogP contribution in [-0.2, 0) is 11.2 Å². The lowest BCUT2D eigenvalue weighted by Gasteiger charge is -2.07. The second-order valence-electron chi connectivity index (χ2n) is 3.41. The number of aromatic hydroxyl groups is 1. The minimum atomic E-state index is -2.02. The predicted molar refractivity (Wildman–Crippen MR) is 52.3 cm³/mol. The highest BCUT2D eigenvalue weighted by atomic mass is 19.1. The van der Waals surface area contributed by atoms with E-state index in [0.717, 1.165) is 5.56 Å². The van der Waals surface area contributed by atoms with Gasteiger partial charge in [-0.25, -0.2) is 9.18 Å². The number of rotatable bonds is 2. The van der Waals surface area contributed by atoms with Crippen molar-refractivity contribution < 1.29 is 19.4 Å². The zero-order valence-electron chi connectivity index (χ0n) is 7.77. The summed E-state index contributed by atoms with van der Waals surface area (Å²) in [6.07, 6.45) is 0.0368. The second-order valence-corrected chi connectivity index (χ2v) is 3.41. The molecule has 0 saturated heterocycles. The Hall–Kier alpha value is -1.84. The third-order valence-electron chi connectivity index (χ3n) is 2.44. The Labute approximate surface area is 85.5 Å². The Morgan fingerprint density at radius 3 is 2.87 bits per heavy atom. The highest BCUT2D eigenvalue weighted by Gasteiger charge is 2.27. The van der Waals surface area contributed by atoms with Crippen LogP contribution in [0.15, 0.2) is 24.3 Å². The number of carbonyl (C=O) groups is 1. The molecule has 0 fully saturated rings. The summed E-state index contributed by atoms with van der Waals surface area (Å²) in [5, 5.41) is 17.8. The minimum absolute atomic E-state index is 0.0131. The molecule has 1 atom stereocenters. The number of fused-ring (bicyclic) bond motifs is 1. The third kappa shape index (κ3) is 1.58. The Morgan fingerprint density at radius 1 is 1.47 bits per heavy atom. The van der Waals surface area contributed by atoms with E-state index in [1.54, 1.807) is 12.1 Å². The minimum Gasteiger partial charge on any atom is -0.508 e. The number of phenolic OH excluding ortho intramolecular Hbond substituents is 1. The van der Waals surface area contributed by atoms with Crippen molar-refractivity contribution in [3.63, 3.8) is 0 Å². The van der Waals surface area contributed by atoms with Gasteiger partial charge in [-0.1, -0.05) is 12.1 Å². The second kappa shape index (κ2) is 3.38. The zero-order chi connectivity index (χ0) is 11.0. The van der Waals surface area contributed by atoms with Crippen molar-refractivity contribution in [1.82, 2.24) is 0 Å². The molecular weight excluding hydrogens is 199 g/mol. The molecule has 1 unspecified atom stereocenters. The Bertz CT molecular complexity index is 451. The van der Waals surface area contributed by atoms with Crippen molar-refractivity contribution in [2.45, 2.75) is 12.6 Å². The Morgan fingerprint density at radius 2 is 2.20 bits per heavy atom. The fourth-order valence-electron chi connectivity index (χ4n) is 1.71. The Balaban J connectivity index is 2.42. The quantitative estimate of drug-likeness (QED) is 0.778. The molecule has 1 aliphatic rings. The molecule has 1 aliphatic carbocycles.